The summed E-state index contributed by atoms with van der Waals surface area (Å²) in [6, 6.07) is 29.9. The Labute approximate surface area is 288 Å². The van der Waals surface area contributed by atoms with Gasteiger partial charge in [-0.15, -0.1) is 0 Å². The first kappa shape index (κ1) is 34.5. The Morgan fingerprint density at radius 3 is 1.43 bits per heavy atom. The van der Waals surface area contributed by atoms with Gasteiger partial charge in [0.2, 0.25) is 0 Å². The number of carbonyl (C=O) groups is 2. The predicted octanol–water partition coefficient (Wildman–Crippen LogP) is 7.93. The van der Waals surface area contributed by atoms with Crippen molar-refractivity contribution in [3.05, 3.63) is 118 Å². The molecule has 0 saturated heterocycles. The molecule has 8 heteroatoms. The molecule has 0 aromatic heterocycles. The number of esters is 2. The predicted molar refractivity (Wildman–Crippen MR) is 192 cm³/mol. The quantitative estimate of drug-likeness (QED) is 0.0632. The topological polar surface area (TPSA) is 71.1 Å². The van der Waals surface area contributed by atoms with E-state index >= 15 is 0 Å². The second kappa shape index (κ2) is 16.3. The zero-order valence-electron chi connectivity index (χ0n) is 27.0. The molecule has 0 aliphatic heterocycles. The molecular formula is C39H42O6S2. The molecule has 1 aliphatic rings. The van der Waals surface area contributed by atoms with Gasteiger partial charge >= 0.3 is 11.9 Å². The van der Waals surface area contributed by atoms with Crippen molar-refractivity contribution in [2.45, 2.75) is 44.9 Å². The van der Waals surface area contributed by atoms with Crippen molar-refractivity contribution in [2.75, 3.05) is 37.9 Å². The van der Waals surface area contributed by atoms with Gasteiger partial charge in [-0.3, -0.25) is 9.59 Å². The third kappa shape index (κ3) is 7.65. The average molecular weight is 671 g/mol. The van der Waals surface area contributed by atoms with E-state index in [0.717, 1.165) is 33.8 Å². The largest absolute Gasteiger partial charge is 0.490 e. The van der Waals surface area contributed by atoms with E-state index < -0.39 is 5.41 Å². The molecule has 0 bridgehead atoms. The summed E-state index contributed by atoms with van der Waals surface area (Å²) in [5.41, 5.74) is 8.49. The number of aryl methyl sites for hydroxylation is 2. The second-order valence-corrected chi connectivity index (χ2v) is 12.5. The van der Waals surface area contributed by atoms with E-state index in [1.807, 2.05) is 26.0 Å². The van der Waals surface area contributed by atoms with E-state index in [4.69, 9.17) is 18.9 Å². The van der Waals surface area contributed by atoms with Crippen LogP contribution in [0.5, 0.6) is 11.5 Å². The molecule has 0 saturated carbocycles. The molecule has 0 heterocycles. The van der Waals surface area contributed by atoms with Gasteiger partial charge in [0.25, 0.3) is 0 Å². The molecule has 0 fully saturated rings. The molecule has 0 radical (unpaired) electrons. The Bertz CT molecular complexity index is 1580. The van der Waals surface area contributed by atoms with Crippen LogP contribution in [-0.4, -0.2) is 49.9 Å². The van der Waals surface area contributed by atoms with Crippen LogP contribution in [0.15, 0.2) is 84.9 Å². The number of rotatable bonds is 16. The number of carbonyl (C=O) groups excluding carboxylic acids is 2. The number of ether oxygens (including phenoxy) is 4. The molecule has 0 unspecified atom stereocenters. The van der Waals surface area contributed by atoms with E-state index in [9.17, 15) is 9.59 Å². The highest BCUT2D eigenvalue weighted by atomic mass is 32.1. The Balaban J connectivity index is 1.44. The minimum atomic E-state index is -0.579. The zero-order valence-corrected chi connectivity index (χ0v) is 28.8. The van der Waals surface area contributed by atoms with Gasteiger partial charge < -0.3 is 18.9 Å². The summed E-state index contributed by atoms with van der Waals surface area (Å²) < 4.78 is 22.7. The lowest BCUT2D eigenvalue weighted by atomic mass is 9.67. The van der Waals surface area contributed by atoms with E-state index in [1.165, 1.54) is 22.3 Å². The van der Waals surface area contributed by atoms with Crippen molar-refractivity contribution in [2.24, 2.45) is 0 Å². The van der Waals surface area contributed by atoms with E-state index in [2.05, 4.69) is 98.1 Å². The molecular weight excluding hydrogens is 629 g/mol. The lowest BCUT2D eigenvalue weighted by Gasteiger charge is -2.34. The fourth-order valence-electron chi connectivity index (χ4n) is 6.32. The van der Waals surface area contributed by atoms with E-state index in [-0.39, 0.29) is 38.4 Å². The third-order valence-electron chi connectivity index (χ3n) is 8.45. The van der Waals surface area contributed by atoms with E-state index in [1.54, 1.807) is 0 Å². The minimum Gasteiger partial charge on any atom is -0.490 e. The zero-order chi connectivity index (χ0) is 33.2. The number of thiol groups is 2. The van der Waals surface area contributed by atoms with Crippen molar-refractivity contribution in [1.29, 1.82) is 0 Å². The Morgan fingerprint density at radius 2 is 1.02 bits per heavy atom. The van der Waals surface area contributed by atoms with Crippen LogP contribution in [0.1, 0.15) is 59.1 Å². The van der Waals surface area contributed by atoms with Crippen LogP contribution in [-0.2, 0) is 24.5 Å². The van der Waals surface area contributed by atoms with Crippen molar-refractivity contribution in [1.82, 2.24) is 0 Å². The van der Waals surface area contributed by atoms with Crippen LogP contribution >= 0.6 is 25.3 Å². The maximum absolute atomic E-state index is 11.9. The summed E-state index contributed by atoms with van der Waals surface area (Å²) >= 11 is 8.30. The molecule has 246 valence electrons. The van der Waals surface area contributed by atoms with E-state index in [0.29, 0.717) is 37.2 Å². The summed E-state index contributed by atoms with van der Waals surface area (Å²) in [5.74, 6) is 2.35. The summed E-state index contributed by atoms with van der Waals surface area (Å²) in [7, 11) is 0. The molecule has 47 heavy (non-hydrogen) atoms. The maximum Gasteiger partial charge on any atom is 0.305 e. The number of benzene rings is 4. The highest BCUT2D eigenvalue weighted by Gasteiger charge is 2.46. The van der Waals surface area contributed by atoms with Crippen molar-refractivity contribution < 1.29 is 28.5 Å². The summed E-state index contributed by atoms with van der Waals surface area (Å²) in [4.78, 5) is 23.7. The molecule has 4 aromatic rings. The Morgan fingerprint density at radius 1 is 0.596 bits per heavy atom. The first-order chi connectivity index (χ1) is 22.9. The molecule has 4 aromatic carbocycles. The van der Waals surface area contributed by atoms with Gasteiger partial charge in [-0.05, 0) is 94.8 Å². The second-order valence-electron chi connectivity index (χ2n) is 11.6. The molecule has 0 N–H and O–H groups in total. The van der Waals surface area contributed by atoms with Crippen LogP contribution in [0.3, 0.4) is 0 Å². The first-order valence-corrected chi connectivity index (χ1v) is 17.4. The van der Waals surface area contributed by atoms with Gasteiger partial charge in [-0.1, -0.05) is 72.8 Å². The molecule has 0 atom stereocenters. The Kier molecular flexibility index (Phi) is 11.9. The SMILES string of the molecule is Cc1cc(C2(c3ccc(OCCOC(=O)CCCS)c(C)c3)c3ccccc3-c3ccccc32)ccc1OCCOC(=O)CCCS. The van der Waals surface area contributed by atoms with Gasteiger partial charge in [0.15, 0.2) is 0 Å². The van der Waals surface area contributed by atoms with Crippen molar-refractivity contribution >= 4 is 37.2 Å². The van der Waals surface area contributed by atoms with Crippen molar-refractivity contribution in [3.63, 3.8) is 0 Å². The maximum atomic E-state index is 11.9. The standard InChI is InChI=1S/C39H42O6S2/c1-27-25-29(15-17-35(27)42-19-21-44-37(40)13-7-23-46)39(33-11-5-3-9-31(33)32-10-4-6-12-34(32)39)30-16-18-36(28(2)26-30)43-20-22-45-38(41)14-8-24-47/h3-6,9-12,15-18,25-26,46-47H,7-8,13-14,19-24H2,1-2H3. The van der Waals surface area contributed by atoms with Crippen LogP contribution in [0, 0.1) is 13.8 Å². The van der Waals surface area contributed by atoms with Gasteiger partial charge in [-0.2, -0.15) is 25.3 Å². The third-order valence-corrected chi connectivity index (χ3v) is 9.09. The monoisotopic (exact) mass is 670 g/mol. The summed E-state index contributed by atoms with van der Waals surface area (Å²) in [6.45, 7) is 5.04. The van der Waals surface area contributed by atoms with Gasteiger partial charge in [0, 0.05) is 12.8 Å². The summed E-state index contributed by atoms with van der Waals surface area (Å²) in [5, 5.41) is 0. The highest BCUT2D eigenvalue weighted by Crippen LogP contribution is 2.56. The van der Waals surface area contributed by atoms with Crippen LogP contribution in [0.4, 0.5) is 0 Å². The fraction of sp³-hybridized carbons (Fsp3) is 0.333. The van der Waals surface area contributed by atoms with Gasteiger partial charge in [0.05, 0.1) is 5.41 Å². The number of fused-ring (bicyclic) bond motifs is 3. The molecule has 0 spiro atoms. The molecule has 0 amide bonds. The van der Waals surface area contributed by atoms with Gasteiger partial charge in [-0.25, -0.2) is 0 Å². The van der Waals surface area contributed by atoms with Crippen LogP contribution in [0.25, 0.3) is 11.1 Å². The molecule has 5 rings (SSSR count). The lowest BCUT2D eigenvalue weighted by molar-refractivity contribution is -0.145. The van der Waals surface area contributed by atoms with Crippen LogP contribution in [0.2, 0.25) is 0 Å². The molecule has 6 nitrogen and oxygen atoms in total. The normalized spacial score (nSPS) is 12.6. The number of hydrogen-bond acceptors (Lipinski definition) is 8. The lowest BCUT2D eigenvalue weighted by Crippen LogP contribution is -2.29. The van der Waals surface area contributed by atoms with Crippen molar-refractivity contribution in [3.8, 4) is 22.6 Å². The number of hydrogen-bond donors (Lipinski definition) is 2. The summed E-state index contributed by atoms with van der Waals surface area (Å²) in [6.07, 6.45) is 2.12. The minimum absolute atomic E-state index is 0.198. The highest BCUT2D eigenvalue weighted by molar-refractivity contribution is 7.80. The molecule has 1 aliphatic carbocycles. The first-order valence-electron chi connectivity index (χ1n) is 16.1. The fourth-order valence-corrected chi connectivity index (χ4v) is 6.63. The Hall–Kier alpha value is -3.88. The average Bonchev–Trinajstić information content (AvgIpc) is 3.39. The smallest absolute Gasteiger partial charge is 0.305 e. The van der Waals surface area contributed by atoms with Crippen LogP contribution < -0.4 is 9.47 Å². The van der Waals surface area contributed by atoms with Gasteiger partial charge in [0.1, 0.15) is 37.9 Å².